The summed E-state index contributed by atoms with van der Waals surface area (Å²) in [6.07, 6.45) is 54.3. The van der Waals surface area contributed by atoms with Crippen molar-refractivity contribution in [2.75, 3.05) is 39.6 Å². The van der Waals surface area contributed by atoms with E-state index in [4.69, 9.17) is 37.0 Å². The van der Waals surface area contributed by atoms with E-state index in [0.717, 1.165) is 102 Å². The fraction of sp³-hybridized carbons (Fsp3) is 0.947. The number of aliphatic hydroxyl groups excluding tert-OH is 1. The Morgan fingerprint density at radius 2 is 0.543 bits per heavy atom. The highest BCUT2D eigenvalue weighted by Gasteiger charge is 2.30. The lowest BCUT2D eigenvalue weighted by Gasteiger charge is -2.21. The number of aliphatic hydroxyl groups is 1. The van der Waals surface area contributed by atoms with Crippen LogP contribution in [0.1, 0.15) is 388 Å². The van der Waals surface area contributed by atoms with Crippen molar-refractivity contribution in [3.05, 3.63) is 0 Å². The molecule has 0 amide bonds. The number of rotatable bonds is 74. The quantitative estimate of drug-likeness (QED) is 0.0222. The summed E-state index contributed by atoms with van der Waals surface area (Å²) >= 11 is 0. The Bertz CT molecular complexity index is 1820. The van der Waals surface area contributed by atoms with E-state index < -0.39 is 97.5 Å². The Balaban J connectivity index is 5.20. The van der Waals surface area contributed by atoms with Crippen LogP contribution in [0.4, 0.5) is 0 Å². The molecule has 6 atom stereocenters. The zero-order valence-corrected chi connectivity index (χ0v) is 63.1. The highest BCUT2D eigenvalue weighted by atomic mass is 31.2. The highest BCUT2D eigenvalue weighted by molar-refractivity contribution is 7.47. The van der Waals surface area contributed by atoms with Gasteiger partial charge < -0.3 is 33.8 Å². The fourth-order valence-electron chi connectivity index (χ4n) is 11.4. The number of hydrogen-bond donors (Lipinski definition) is 3. The van der Waals surface area contributed by atoms with Crippen molar-refractivity contribution < 1.29 is 80.2 Å². The summed E-state index contributed by atoms with van der Waals surface area (Å²) in [6, 6.07) is 0. The summed E-state index contributed by atoms with van der Waals surface area (Å²) < 4.78 is 68.4. The van der Waals surface area contributed by atoms with Crippen LogP contribution in [0.15, 0.2) is 0 Å². The lowest BCUT2D eigenvalue weighted by Crippen LogP contribution is -2.30. The van der Waals surface area contributed by atoms with Gasteiger partial charge in [0.05, 0.1) is 26.4 Å². The Morgan fingerprint density at radius 3 is 0.809 bits per heavy atom. The number of unbranched alkanes of at least 4 members (excludes halogenated alkanes) is 43. The maximum absolute atomic E-state index is 13.1. The minimum absolute atomic E-state index is 0.103. The largest absolute Gasteiger partial charge is 0.472 e. The molecule has 94 heavy (non-hydrogen) atoms. The second-order valence-corrected chi connectivity index (χ2v) is 30.7. The van der Waals surface area contributed by atoms with Crippen LogP contribution in [0, 0.1) is 11.8 Å². The van der Waals surface area contributed by atoms with Gasteiger partial charge in [-0.05, 0) is 37.5 Å². The van der Waals surface area contributed by atoms with Gasteiger partial charge in [0.25, 0.3) is 0 Å². The molecular formula is C75H146O17P2. The minimum atomic E-state index is -4.96. The third kappa shape index (κ3) is 67.3. The summed E-state index contributed by atoms with van der Waals surface area (Å²) in [4.78, 5) is 72.7. The van der Waals surface area contributed by atoms with Crippen LogP contribution < -0.4 is 0 Å². The molecule has 0 rings (SSSR count). The number of esters is 4. The molecule has 0 aliphatic carbocycles. The van der Waals surface area contributed by atoms with Crippen molar-refractivity contribution >= 4 is 39.5 Å². The lowest BCUT2D eigenvalue weighted by molar-refractivity contribution is -0.161. The zero-order chi connectivity index (χ0) is 69.3. The van der Waals surface area contributed by atoms with Crippen molar-refractivity contribution in [3.8, 4) is 0 Å². The number of phosphoric acid groups is 2. The first-order valence-electron chi connectivity index (χ1n) is 39.0. The van der Waals surface area contributed by atoms with Crippen LogP contribution in [-0.2, 0) is 65.4 Å². The molecule has 0 radical (unpaired) electrons. The average molecular weight is 1380 g/mol. The third-order valence-corrected chi connectivity index (χ3v) is 19.7. The predicted molar refractivity (Wildman–Crippen MR) is 381 cm³/mol. The van der Waals surface area contributed by atoms with Crippen molar-refractivity contribution in [1.82, 2.24) is 0 Å². The normalized spacial score (nSPS) is 14.3. The van der Waals surface area contributed by atoms with Gasteiger partial charge in [0.2, 0.25) is 0 Å². The van der Waals surface area contributed by atoms with Crippen LogP contribution in [0.5, 0.6) is 0 Å². The van der Waals surface area contributed by atoms with Gasteiger partial charge in [0, 0.05) is 25.7 Å². The molecular weight excluding hydrogens is 1230 g/mol. The van der Waals surface area contributed by atoms with Gasteiger partial charge in [0.1, 0.15) is 19.3 Å². The van der Waals surface area contributed by atoms with E-state index in [2.05, 4.69) is 41.5 Å². The van der Waals surface area contributed by atoms with Crippen molar-refractivity contribution in [1.29, 1.82) is 0 Å². The molecule has 3 unspecified atom stereocenters. The lowest BCUT2D eigenvalue weighted by atomic mass is 10.00. The molecule has 17 nitrogen and oxygen atoms in total. The van der Waals surface area contributed by atoms with E-state index >= 15 is 0 Å². The summed E-state index contributed by atoms with van der Waals surface area (Å²) in [5, 5.41) is 10.6. The molecule has 0 aromatic carbocycles. The summed E-state index contributed by atoms with van der Waals surface area (Å²) in [6.45, 7) is 9.53. The summed E-state index contributed by atoms with van der Waals surface area (Å²) in [7, 11) is -9.91. The van der Waals surface area contributed by atoms with Gasteiger partial charge in [-0.25, -0.2) is 9.13 Å². The van der Waals surface area contributed by atoms with Crippen LogP contribution in [0.3, 0.4) is 0 Å². The first-order chi connectivity index (χ1) is 45.4. The van der Waals surface area contributed by atoms with Crippen molar-refractivity contribution in [3.63, 3.8) is 0 Å². The average Bonchev–Trinajstić information content (AvgIpc) is 3.33. The van der Waals surface area contributed by atoms with Gasteiger partial charge in [-0.3, -0.25) is 37.3 Å². The van der Waals surface area contributed by atoms with Gasteiger partial charge in [-0.2, -0.15) is 0 Å². The van der Waals surface area contributed by atoms with E-state index in [1.807, 2.05) is 0 Å². The molecule has 558 valence electrons. The molecule has 0 bridgehead atoms. The predicted octanol–water partition coefficient (Wildman–Crippen LogP) is 21.9. The SMILES string of the molecule is CCCCCCCCCCCCCCCCCCCCCCC(=O)O[C@H](COC(=O)CCCCCCCCCCCCCCC(C)C)COP(=O)(O)OC[C@@H](O)COP(=O)(O)OC[C@@H](COC(=O)CCCCCCCCCCC)OC(=O)CCCCCCCCC(C)CC. The molecule has 0 saturated carbocycles. The van der Waals surface area contributed by atoms with Crippen LogP contribution in [0.25, 0.3) is 0 Å². The summed E-state index contributed by atoms with van der Waals surface area (Å²) in [5.74, 6) is -0.620. The van der Waals surface area contributed by atoms with E-state index in [0.29, 0.717) is 25.7 Å². The van der Waals surface area contributed by atoms with Gasteiger partial charge in [0.15, 0.2) is 12.2 Å². The third-order valence-electron chi connectivity index (χ3n) is 17.8. The number of phosphoric ester groups is 2. The van der Waals surface area contributed by atoms with E-state index in [1.54, 1.807) is 0 Å². The maximum atomic E-state index is 13.1. The van der Waals surface area contributed by atoms with Crippen LogP contribution in [0.2, 0.25) is 0 Å². The van der Waals surface area contributed by atoms with Crippen LogP contribution in [-0.4, -0.2) is 96.7 Å². The molecule has 0 aromatic rings. The van der Waals surface area contributed by atoms with Crippen LogP contribution >= 0.6 is 15.6 Å². The van der Waals surface area contributed by atoms with Gasteiger partial charge in [-0.1, -0.05) is 337 Å². The molecule has 3 N–H and O–H groups in total. The van der Waals surface area contributed by atoms with Gasteiger partial charge in [-0.15, -0.1) is 0 Å². The molecule has 0 saturated heterocycles. The number of ether oxygens (including phenoxy) is 4. The second kappa shape index (κ2) is 66.9. The molecule has 0 aliphatic rings. The van der Waals surface area contributed by atoms with E-state index in [9.17, 15) is 43.2 Å². The molecule has 0 spiro atoms. The number of carbonyl (C=O) groups excluding carboxylic acids is 4. The van der Waals surface area contributed by atoms with Gasteiger partial charge >= 0.3 is 39.5 Å². The topological polar surface area (TPSA) is 237 Å². The second-order valence-electron chi connectivity index (χ2n) is 27.8. The fourth-order valence-corrected chi connectivity index (χ4v) is 13.0. The minimum Gasteiger partial charge on any atom is -0.462 e. The molecule has 0 fully saturated rings. The Hall–Kier alpha value is -1.94. The molecule has 0 heterocycles. The Morgan fingerprint density at radius 1 is 0.309 bits per heavy atom. The zero-order valence-electron chi connectivity index (χ0n) is 61.3. The highest BCUT2D eigenvalue weighted by Crippen LogP contribution is 2.45. The molecule has 0 aliphatic heterocycles. The Kier molecular flexibility index (Phi) is 65.5. The van der Waals surface area contributed by atoms with E-state index in [1.165, 1.54) is 205 Å². The number of hydrogen-bond acceptors (Lipinski definition) is 15. The first-order valence-corrected chi connectivity index (χ1v) is 42.0. The Labute approximate surface area is 575 Å². The van der Waals surface area contributed by atoms with E-state index in [-0.39, 0.29) is 25.7 Å². The first kappa shape index (κ1) is 92.1. The monoisotopic (exact) mass is 1380 g/mol. The summed E-state index contributed by atoms with van der Waals surface area (Å²) in [5.41, 5.74) is 0. The molecule has 19 heteroatoms. The molecule has 0 aromatic heterocycles. The maximum Gasteiger partial charge on any atom is 0.472 e. The van der Waals surface area contributed by atoms with Crippen molar-refractivity contribution in [2.45, 2.75) is 407 Å². The smallest absolute Gasteiger partial charge is 0.462 e. The standard InChI is InChI=1S/C75H146O17P2/c1-7-10-12-14-16-18-19-20-21-22-23-24-25-26-27-32-36-40-47-53-59-74(79)91-70(63-86-73(78)58-52-46-39-35-31-29-28-30-34-37-43-49-55-67(4)5)65-89-93(81,82)87-61-69(76)62-88-94(83,84)90-66-71(64-85-72(77)57-51-45-38-33-17-15-13-11-8-2)92-75(80)60-54-48-42-41-44-50-56-68(6)9-3/h67-71,76H,7-66H2,1-6H3,(H,81,82)(H,83,84)/t68?,69-,70-,71-/m1/s1. The van der Waals surface area contributed by atoms with Crippen molar-refractivity contribution in [2.24, 2.45) is 11.8 Å². The number of carbonyl (C=O) groups is 4.